The number of hydrogen-bond acceptors (Lipinski definition) is 0. The molecule has 0 radical (unpaired) electrons. The van der Waals surface area contributed by atoms with Gasteiger partial charge in [0, 0.05) is 12.1 Å². The zero-order valence-corrected chi connectivity index (χ0v) is 11.9. The van der Waals surface area contributed by atoms with Crippen molar-refractivity contribution < 1.29 is 4.57 Å². The number of aromatic nitrogens is 1. The zero-order valence-electron chi connectivity index (χ0n) is 11.9. The molecule has 0 aliphatic heterocycles. The van der Waals surface area contributed by atoms with Gasteiger partial charge in [-0.3, -0.25) is 0 Å². The maximum Gasteiger partial charge on any atom is 0.213 e. The van der Waals surface area contributed by atoms with Crippen molar-refractivity contribution in [3.05, 3.63) is 72.4 Å². The summed E-state index contributed by atoms with van der Waals surface area (Å²) in [5.74, 6) is 0. The molecule has 0 N–H and O–H groups in total. The van der Waals surface area contributed by atoms with Crippen LogP contribution in [-0.2, 0) is 7.05 Å². The summed E-state index contributed by atoms with van der Waals surface area (Å²) in [6.07, 6.45) is 3.98. The van der Waals surface area contributed by atoms with Crippen LogP contribution >= 0.6 is 0 Å². The molecule has 1 heterocycles. The summed E-state index contributed by atoms with van der Waals surface area (Å²) in [4.78, 5) is 0. The maximum atomic E-state index is 3.87. The van der Waals surface area contributed by atoms with E-state index in [0.717, 1.165) is 5.56 Å². The SMILES string of the molecule is C=Cc1cc[n+](C)c(-c2c(C)ccc3ccccc23)c1. The lowest BCUT2D eigenvalue weighted by Crippen LogP contribution is -2.30. The van der Waals surface area contributed by atoms with Gasteiger partial charge in [-0.15, -0.1) is 0 Å². The van der Waals surface area contributed by atoms with Gasteiger partial charge in [-0.1, -0.05) is 49.1 Å². The quantitative estimate of drug-likeness (QED) is 0.605. The summed E-state index contributed by atoms with van der Waals surface area (Å²) >= 11 is 0. The Bertz CT molecular complexity index is 800. The molecule has 0 aliphatic rings. The number of pyridine rings is 1. The molecule has 0 spiro atoms. The lowest BCUT2D eigenvalue weighted by molar-refractivity contribution is -0.660. The minimum atomic E-state index is 1.14. The van der Waals surface area contributed by atoms with Crippen LogP contribution in [0.5, 0.6) is 0 Å². The summed E-state index contributed by atoms with van der Waals surface area (Å²) in [7, 11) is 2.09. The lowest BCUT2D eigenvalue weighted by Gasteiger charge is -2.09. The number of rotatable bonds is 2. The van der Waals surface area contributed by atoms with Crippen LogP contribution < -0.4 is 4.57 Å². The third-order valence-corrected chi connectivity index (χ3v) is 3.80. The van der Waals surface area contributed by atoms with E-state index in [0.29, 0.717) is 0 Å². The highest BCUT2D eigenvalue weighted by Crippen LogP contribution is 2.30. The minimum absolute atomic E-state index is 1.14. The van der Waals surface area contributed by atoms with Gasteiger partial charge in [0.1, 0.15) is 7.05 Å². The summed E-state index contributed by atoms with van der Waals surface area (Å²) in [5.41, 5.74) is 4.96. The fourth-order valence-electron chi connectivity index (χ4n) is 2.68. The first-order valence-electron chi connectivity index (χ1n) is 6.81. The van der Waals surface area contributed by atoms with E-state index < -0.39 is 0 Å². The first kappa shape index (κ1) is 12.6. The topological polar surface area (TPSA) is 3.88 Å². The van der Waals surface area contributed by atoms with E-state index in [-0.39, 0.29) is 0 Å². The summed E-state index contributed by atoms with van der Waals surface area (Å²) < 4.78 is 2.17. The van der Waals surface area contributed by atoms with Gasteiger partial charge < -0.3 is 0 Å². The van der Waals surface area contributed by atoms with Crippen LogP contribution in [0.3, 0.4) is 0 Å². The van der Waals surface area contributed by atoms with Gasteiger partial charge in [0.05, 0.1) is 5.56 Å². The highest BCUT2D eigenvalue weighted by atomic mass is 14.9. The highest BCUT2D eigenvalue weighted by molar-refractivity contribution is 5.97. The molecule has 20 heavy (non-hydrogen) atoms. The van der Waals surface area contributed by atoms with Crippen molar-refractivity contribution in [2.24, 2.45) is 7.05 Å². The third kappa shape index (κ3) is 2.01. The third-order valence-electron chi connectivity index (χ3n) is 3.80. The Kier molecular flexibility index (Phi) is 3.11. The van der Waals surface area contributed by atoms with Gasteiger partial charge in [0.15, 0.2) is 6.20 Å². The summed E-state index contributed by atoms with van der Waals surface area (Å²) in [5, 5.41) is 2.57. The smallest absolute Gasteiger partial charge is 0.201 e. The Morgan fingerprint density at radius 2 is 1.85 bits per heavy atom. The Balaban J connectivity index is 2.39. The largest absolute Gasteiger partial charge is 0.213 e. The molecule has 98 valence electrons. The molecule has 0 unspecified atom stereocenters. The standard InChI is InChI=1S/C19H18N/c1-4-15-11-12-20(3)18(13-15)19-14(2)9-10-16-7-5-6-8-17(16)19/h4-13H,1H2,2-3H3/q+1. The van der Waals surface area contributed by atoms with Gasteiger partial charge in [-0.05, 0) is 28.8 Å². The van der Waals surface area contributed by atoms with Crippen LogP contribution in [0.25, 0.3) is 28.1 Å². The van der Waals surface area contributed by atoms with Crippen molar-refractivity contribution >= 4 is 16.8 Å². The Labute approximate surface area is 119 Å². The second-order valence-electron chi connectivity index (χ2n) is 5.14. The molecule has 0 saturated heterocycles. The van der Waals surface area contributed by atoms with Crippen molar-refractivity contribution in [3.8, 4) is 11.3 Å². The number of nitrogens with zero attached hydrogens (tertiary/aromatic N) is 1. The highest BCUT2D eigenvalue weighted by Gasteiger charge is 2.15. The summed E-state index contributed by atoms with van der Waals surface area (Å²) in [6, 6.07) is 17.2. The first-order chi connectivity index (χ1) is 9.70. The van der Waals surface area contributed by atoms with E-state index in [1.807, 2.05) is 6.08 Å². The van der Waals surface area contributed by atoms with Crippen LogP contribution in [0.15, 0.2) is 61.3 Å². The lowest BCUT2D eigenvalue weighted by atomic mass is 9.96. The Morgan fingerprint density at radius 1 is 1.05 bits per heavy atom. The van der Waals surface area contributed by atoms with Crippen molar-refractivity contribution in [1.29, 1.82) is 0 Å². The molecule has 0 bridgehead atoms. The zero-order chi connectivity index (χ0) is 14.1. The van der Waals surface area contributed by atoms with E-state index in [9.17, 15) is 0 Å². The maximum absolute atomic E-state index is 3.87. The number of fused-ring (bicyclic) bond motifs is 1. The first-order valence-corrected chi connectivity index (χ1v) is 6.81. The molecule has 1 aromatic heterocycles. The molecule has 0 aliphatic carbocycles. The molecule has 0 fully saturated rings. The van der Waals surface area contributed by atoms with Gasteiger partial charge in [0.25, 0.3) is 0 Å². The van der Waals surface area contributed by atoms with Gasteiger partial charge in [0.2, 0.25) is 5.69 Å². The molecule has 1 heteroatoms. The van der Waals surface area contributed by atoms with Gasteiger partial charge in [-0.2, -0.15) is 0 Å². The fraction of sp³-hybridized carbons (Fsp3) is 0.105. The van der Waals surface area contributed by atoms with Crippen LogP contribution in [0.2, 0.25) is 0 Å². The molecule has 0 amide bonds. The molecular weight excluding hydrogens is 242 g/mol. The molecule has 3 rings (SSSR count). The number of hydrogen-bond donors (Lipinski definition) is 0. The molecule has 3 aromatic rings. The second kappa shape index (κ2) is 4.93. The Hall–Kier alpha value is -2.41. The number of benzene rings is 2. The van der Waals surface area contributed by atoms with Crippen LogP contribution in [-0.4, -0.2) is 0 Å². The monoisotopic (exact) mass is 260 g/mol. The fourth-order valence-corrected chi connectivity index (χ4v) is 2.68. The predicted octanol–water partition coefficient (Wildman–Crippen LogP) is 4.28. The molecule has 0 atom stereocenters. The summed E-state index contributed by atoms with van der Waals surface area (Å²) in [6.45, 7) is 6.04. The molecule has 1 nitrogen and oxygen atoms in total. The molecular formula is C19H18N+. The number of aryl methyl sites for hydroxylation is 2. The van der Waals surface area contributed by atoms with Crippen LogP contribution in [0.4, 0.5) is 0 Å². The second-order valence-corrected chi connectivity index (χ2v) is 5.14. The van der Waals surface area contributed by atoms with E-state index in [4.69, 9.17) is 0 Å². The van der Waals surface area contributed by atoms with Crippen LogP contribution in [0.1, 0.15) is 11.1 Å². The Morgan fingerprint density at radius 3 is 2.65 bits per heavy atom. The molecule has 0 saturated carbocycles. The van der Waals surface area contributed by atoms with Crippen molar-refractivity contribution in [3.63, 3.8) is 0 Å². The van der Waals surface area contributed by atoms with E-state index >= 15 is 0 Å². The predicted molar refractivity (Wildman–Crippen MR) is 85.4 cm³/mol. The van der Waals surface area contributed by atoms with E-state index in [1.165, 1.54) is 27.6 Å². The van der Waals surface area contributed by atoms with Gasteiger partial charge >= 0.3 is 0 Å². The average molecular weight is 260 g/mol. The normalized spacial score (nSPS) is 10.7. The van der Waals surface area contributed by atoms with Crippen molar-refractivity contribution in [2.45, 2.75) is 6.92 Å². The minimum Gasteiger partial charge on any atom is -0.201 e. The van der Waals surface area contributed by atoms with E-state index in [2.05, 4.69) is 79.8 Å². The van der Waals surface area contributed by atoms with Crippen molar-refractivity contribution in [2.75, 3.05) is 0 Å². The van der Waals surface area contributed by atoms with Crippen molar-refractivity contribution in [1.82, 2.24) is 0 Å². The average Bonchev–Trinajstić information content (AvgIpc) is 2.48. The van der Waals surface area contributed by atoms with E-state index in [1.54, 1.807) is 0 Å². The van der Waals surface area contributed by atoms with Gasteiger partial charge in [-0.25, -0.2) is 4.57 Å². The molecule has 2 aromatic carbocycles. The van der Waals surface area contributed by atoms with Crippen LogP contribution in [0, 0.1) is 6.92 Å².